The van der Waals surface area contributed by atoms with Gasteiger partial charge in [0.2, 0.25) is 5.56 Å². The summed E-state index contributed by atoms with van der Waals surface area (Å²) in [6.07, 6.45) is 2.54. The summed E-state index contributed by atoms with van der Waals surface area (Å²) < 4.78 is 5.72. The fourth-order valence-corrected chi connectivity index (χ4v) is 3.73. The molecule has 0 saturated carbocycles. The minimum atomic E-state index is -0.373. The Labute approximate surface area is 143 Å². The van der Waals surface area contributed by atoms with Crippen LogP contribution in [0.4, 0.5) is 9.80 Å². The number of nitrogens with zero attached hydrogens (tertiary/aromatic N) is 3. The molecule has 2 heterocycles. The molecular weight excluding hydrogens is 326 g/mol. The highest BCUT2D eigenvalue weighted by Gasteiger charge is 2.24. The molecule has 1 aliphatic rings. The number of hydrogen-bond donors (Lipinski definition) is 2. The molecule has 1 aliphatic carbocycles. The Morgan fingerprint density at radius 1 is 1.50 bits per heavy atom. The van der Waals surface area contributed by atoms with Gasteiger partial charge in [-0.25, -0.2) is 4.79 Å². The summed E-state index contributed by atoms with van der Waals surface area (Å²) in [7, 11) is 1.75. The first-order valence-electron chi connectivity index (χ1n) is 7.64. The van der Waals surface area contributed by atoms with E-state index >= 15 is 0 Å². The molecule has 0 bridgehead atoms. The molecule has 2 aromatic heterocycles. The average Bonchev–Trinajstić information content (AvgIpc) is 2.91. The van der Waals surface area contributed by atoms with Crippen LogP contribution in [0.1, 0.15) is 41.4 Å². The fraction of sp³-hybridized carbons (Fsp3) is 0.375. The lowest BCUT2D eigenvalue weighted by atomic mass is 9.91. The Bertz CT molecular complexity index is 893. The lowest BCUT2D eigenvalue weighted by molar-refractivity contribution is 0.247. The Hall–Kier alpha value is -2.66. The van der Waals surface area contributed by atoms with Crippen LogP contribution < -0.4 is 16.2 Å². The van der Waals surface area contributed by atoms with Crippen molar-refractivity contribution in [2.24, 2.45) is 7.05 Å². The highest BCUT2D eigenvalue weighted by atomic mass is 32.1. The highest BCUT2D eigenvalue weighted by Crippen LogP contribution is 2.29. The van der Waals surface area contributed by atoms with Gasteiger partial charge in [0, 0.05) is 18.8 Å². The van der Waals surface area contributed by atoms with Crippen molar-refractivity contribution in [1.29, 1.82) is 5.26 Å². The van der Waals surface area contributed by atoms with Gasteiger partial charge < -0.3 is 9.88 Å². The van der Waals surface area contributed by atoms with Gasteiger partial charge in [0.15, 0.2) is 0 Å². The topological polar surface area (TPSA) is 99.8 Å². The SMILES string of the molecule is Cc1nsc(NC(=O)NC2CCCc3c2ccc(=O)n3C)c1C#N. The molecule has 0 aromatic carbocycles. The molecule has 0 saturated heterocycles. The molecule has 24 heavy (non-hydrogen) atoms. The summed E-state index contributed by atoms with van der Waals surface area (Å²) in [5, 5.41) is 15.2. The summed E-state index contributed by atoms with van der Waals surface area (Å²) >= 11 is 1.09. The Balaban J connectivity index is 1.78. The third-order valence-corrected chi connectivity index (χ3v) is 5.12. The van der Waals surface area contributed by atoms with Gasteiger partial charge in [-0.05, 0) is 49.3 Å². The molecule has 0 fully saturated rings. The van der Waals surface area contributed by atoms with Crippen molar-refractivity contribution >= 4 is 22.6 Å². The minimum Gasteiger partial charge on any atom is -0.331 e. The van der Waals surface area contributed by atoms with E-state index in [2.05, 4.69) is 15.0 Å². The zero-order chi connectivity index (χ0) is 17.3. The summed E-state index contributed by atoms with van der Waals surface area (Å²) in [6, 6.07) is 4.84. The number of anilines is 1. The zero-order valence-corrected chi connectivity index (χ0v) is 14.2. The number of pyridine rings is 1. The minimum absolute atomic E-state index is 0.0438. The Kier molecular flexibility index (Phi) is 4.36. The fourth-order valence-electron chi connectivity index (χ4n) is 2.99. The molecule has 0 spiro atoms. The quantitative estimate of drug-likeness (QED) is 0.873. The molecule has 1 atom stereocenters. The number of nitrogens with one attached hydrogen (secondary N) is 2. The third kappa shape index (κ3) is 2.90. The van der Waals surface area contributed by atoms with Crippen LogP contribution in [-0.2, 0) is 13.5 Å². The second-order valence-corrected chi connectivity index (χ2v) is 6.53. The number of carbonyl (C=O) groups is 1. The Morgan fingerprint density at radius 2 is 2.29 bits per heavy atom. The van der Waals surface area contributed by atoms with Crippen LogP contribution in [0.2, 0.25) is 0 Å². The number of urea groups is 1. The summed E-state index contributed by atoms with van der Waals surface area (Å²) in [6.45, 7) is 1.73. The molecule has 0 radical (unpaired) electrons. The molecule has 1 unspecified atom stereocenters. The van der Waals surface area contributed by atoms with Crippen LogP contribution in [0.3, 0.4) is 0 Å². The van der Waals surface area contributed by atoms with Crippen molar-refractivity contribution in [3.05, 3.63) is 45.0 Å². The van der Waals surface area contributed by atoms with E-state index in [0.29, 0.717) is 16.3 Å². The number of fused-ring (bicyclic) bond motifs is 1. The van der Waals surface area contributed by atoms with Crippen molar-refractivity contribution < 1.29 is 4.79 Å². The van der Waals surface area contributed by atoms with Crippen LogP contribution in [-0.4, -0.2) is 15.0 Å². The maximum atomic E-state index is 12.3. The van der Waals surface area contributed by atoms with E-state index in [1.165, 1.54) is 6.07 Å². The van der Waals surface area contributed by atoms with E-state index in [1.54, 1.807) is 24.6 Å². The van der Waals surface area contributed by atoms with Crippen molar-refractivity contribution in [2.75, 3.05) is 5.32 Å². The van der Waals surface area contributed by atoms with Crippen LogP contribution in [0.15, 0.2) is 16.9 Å². The van der Waals surface area contributed by atoms with Gasteiger partial charge in [0.05, 0.1) is 11.7 Å². The smallest absolute Gasteiger partial charge is 0.320 e. The van der Waals surface area contributed by atoms with E-state index in [9.17, 15) is 9.59 Å². The average molecular weight is 343 g/mol. The van der Waals surface area contributed by atoms with Crippen LogP contribution >= 0.6 is 11.5 Å². The van der Waals surface area contributed by atoms with Gasteiger partial charge in [0.1, 0.15) is 16.6 Å². The Morgan fingerprint density at radius 3 is 3.04 bits per heavy atom. The largest absolute Gasteiger partial charge is 0.331 e. The molecule has 3 rings (SSSR count). The molecule has 2 aromatic rings. The maximum Gasteiger partial charge on any atom is 0.320 e. The first-order chi connectivity index (χ1) is 11.5. The summed E-state index contributed by atoms with van der Waals surface area (Å²) in [4.78, 5) is 24.1. The first kappa shape index (κ1) is 16.2. The molecule has 0 aliphatic heterocycles. The number of amides is 2. The summed E-state index contributed by atoms with van der Waals surface area (Å²) in [5.74, 6) is 0. The second kappa shape index (κ2) is 6.45. The van der Waals surface area contributed by atoms with E-state index in [-0.39, 0.29) is 17.6 Å². The van der Waals surface area contributed by atoms with Gasteiger partial charge in [0.25, 0.3) is 0 Å². The second-order valence-electron chi connectivity index (χ2n) is 5.76. The van der Waals surface area contributed by atoms with Crippen LogP contribution in [0.25, 0.3) is 0 Å². The van der Waals surface area contributed by atoms with Gasteiger partial charge in [-0.15, -0.1) is 0 Å². The predicted molar refractivity (Wildman–Crippen MR) is 91.1 cm³/mol. The van der Waals surface area contributed by atoms with Crippen molar-refractivity contribution in [3.63, 3.8) is 0 Å². The standard InChI is InChI=1S/C16H17N5O2S/c1-9-11(8-17)15(24-20-9)19-16(23)18-12-4-3-5-13-10(12)6-7-14(22)21(13)2/h6-7,12H,3-5H2,1-2H3,(H2,18,19,23). The van der Waals surface area contributed by atoms with Crippen LogP contribution in [0, 0.1) is 18.3 Å². The van der Waals surface area contributed by atoms with Gasteiger partial charge in [-0.2, -0.15) is 9.64 Å². The number of nitriles is 1. The van der Waals surface area contributed by atoms with Crippen molar-refractivity contribution in [1.82, 2.24) is 14.3 Å². The van der Waals surface area contributed by atoms with Gasteiger partial charge in [-0.1, -0.05) is 0 Å². The predicted octanol–water partition coefficient (Wildman–Crippen LogP) is 2.22. The normalized spacial score (nSPS) is 16.1. The van der Waals surface area contributed by atoms with Gasteiger partial charge in [-0.3, -0.25) is 10.1 Å². The van der Waals surface area contributed by atoms with E-state index < -0.39 is 0 Å². The zero-order valence-electron chi connectivity index (χ0n) is 13.4. The lowest BCUT2D eigenvalue weighted by Gasteiger charge is -2.27. The number of hydrogen-bond acceptors (Lipinski definition) is 5. The first-order valence-corrected chi connectivity index (χ1v) is 8.41. The number of aromatic nitrogens is 2. The van der Waals surface area contributed by atoms with Gasteiger partial charge >= 0.3 is 6.03 Å². The third-order valence-electron chi connectivity index (χ3n) is 4.26. The van der Waals surface area contributed by atoms with Crippen LogP contribution in [0.5, 0.6) is 0 Å². The molecule has 124 valence electrons. The maximum absolute atomic E-state index is 12.3. The number of carbonyl (C=O) groups excluding carboxylic acids is 1. The van der Waals surface area contributed by atoms with E-state index in [1.807, 2.05) is 6.07 Å². The van der Waals surface area contributed by atoms with Crippen molar-refractivity contribution in [2.45, 2.75) is 32.2 Å². The van der Waals surface area contributed by atoms with E-state index in [0.717, 1.165) is 42.1 Å². The number of aryl methyl sites for hydroxylation is 1. The molecule has 2 amide bonds. The van der Waals surface area contributed by atoms with E-state index in [4.69, 9.17) is 5.26 Å². The highest BCUT2D eigenvalue weighted by molar-refractivity contribution is 7.10. The lowest BCUT2D eigenvalue weighted by Crippen LogP contribution is -2.36. The molecule has 2 N–H and O–H groups in total. The monoisotopic (exact) mass is 343 g/mol. The number of rotatable bonds is 2. The summed E-state index contributed by atoms with van der Waals surface area (Å²) in [5.41, 5.74) is 2.89. The molecule has 7 nitrogen and oxygen atoms in total. The van der Waals surface area contributed by atoms with Crippen molar-refractivity contribution in [3.8, 4) is 6.07 Å². The molecule has 8 heteroatoms. The molecular formula is C16H17N5O2S.